The minimum atomic E-state index is -0.150. The average molecular weight is 408 g/mol. The maximum Gasteiger partial charge on any atom is 0.273 e. The van der Waals surface area contributed by atoms with E-state index in [-0.39, 0.29) is 24.4 Å². The Morgan fingerprint density at radius 3 is 2.71 bits per heavy atom. The minimum absolute atomic E-state index is 0. The van der Waals surface area contributed by atoms with Crippen LogP contribution >= 0.6 is 12.4 Å². The third-order valence-corrected chi connectivity index (χ3v) is 4.72. The second kappa shape index (κ2) is 10.4. The number of nitrogens with zero attached hydrogens (tertiary/aromatic N) is 3. The standard InChI is InChI=1S/C20H29N5O2.ClH/c1-4-18-19(20(26)22-13-15-6-5-11-21-12-15)23-24-25(18)16-7-9-17(10-8-16)27-14(2)3;/h7-10,14-15,21H,4-6,11-13H2,1-3H3,(H,22,26);1H. The predicted octanol–water partition coefficient (Wildman–Crippen LogP) is 2.77. The van der Waals surface area contributed by atoms with Gasteiger partial charge in [0, 0.05) is 6.54 Å². The SMILES string of the molecule is CCc1c(C(=O)NCC2CCCNC2)nnn1-c1ccc(OC(C)C)cc1.Cl. The molecule has 1 unspecified atom stereocenters. The van der Waals surface area contributed by atoms with Gasteiger partial charge in [-0.1, -0.05) is 12.1 Å². The molecule has 2 N–H and O–H groups in total. The van der Waals surface area contributed by atoms with E-state index in [0.717, 1.165) is 43.1 Å². The molecule has 2 aromatic rings. The lowest BCUT2D eigenvalue weighted by atomic mass is 10.00. The van der Waals surface area contributed by atoms with Crippen LogP contribution < -0.4 is 15.4 Å². The van der Waals surface area contributed by atoms with Crippen LogP contribution in [0.25, 0.3) is 5.69 Å². The average Bonchev–Trinajstić information content (AvgIpc) is 3.11. The number of halogens is 1. The summed E-state index contributed by atoms with van der Waals surface area (Å²) in [6.07, 6.45) is 3.10. The second-order valence-corrected chi connectivity index (χ2v) is 7.23. The summed E-state index contributed by atoms with van der Waals surface area (Å²) in [7, 11) is 0. The van der Waals surface area contributed by atoms with Crippen molar-refractivity contribution in [3.63, 3.8) is 0 Å². The molecule has 1 aliphatic rings. The Balaban J connectivity index is 0.00000280. The summed E-state index contributed by atoms with van der Waals surface area (Å²) in [5.74, 6) is 1.14. The van der Waals surface area contributed by atoms with E-state index in [9.17, 15) is 4.79 Å². The lowest BCUT2D eigenvalue weighted by Gasteiger charge is -2.22. The van der Waals surface area contributed by atoms with Gasteiger partial charge >= 0.3 is 0 Å². The first-order valence-electron chi connectivity index (χ1n) is 9.79. The molecule has 1 aromatic carbocycles. The lowest BCUT2D eigenvalue weighted by molar-refractivity contribution is 0.0938. The molecule has 154 valence electrons. The van der Waals surface area contributed by atoms with Gasteiger partial charge in [-0.05, 0) is 76.4 Å². The number of nitrogens with one attached hydrogen (secondary N) is 2. The Morgan fingerprint density at radius 2 is 2.11 bits per heavy atom. The zero-order chi connectivity index (χ0) is 19.2. The maximum atomic E-state index is 12.6. The van der Waals surface area contributed by atoms with Crippen molar-refractivity contribution in [1.82, 2.24) is 25.6 Å². The molecule has 7 nitrogen and oxygen atoms in total. The molecule has 1 atom stereocenters. The van der Waals surface area contributed by atoms with Crippen molar-refractivity contribution in [1.29, 1.82) is 0 Å². The van der Waals surface area contributed by atoms with Crippen molar-refractivity contribution < 1.29 is 9.53 Å². The molecule has 2 heterocycles. The number of benzene rings is 1. The van der Waals surface area contributed by atoms with E-state index in [1.165, 1.54) is 0 Å². The normalized spacial score (nSPS) is 16.5. The molecule has 1 saturated heterocycles. The van der Waals surface area contributed by atoms with E-state index in [0.29, 0.717) is 24.6 Å². The van der Waals surface area contributed by atoms with Gasteiger partial charge < -0.3 is 15.4 Å². The van der Waals surface area contributed by atoms with Crippen LogP contribution in [-0.4, -0.2) is 46.6 Å². The summed E-state index contributed by atoms with van der Waals surface area (Å²) in [5.41, 5.74) is 2.08. The van der Waals surface area contributed by atoms with Crippen LogP contribution in [-0.2, 0) is 6.42 Å². The van der Waals surface area contributed by atoms with E-state index >= 15 is 0 Å². The predicted molar refractivity (Wildman–Crippen MR) is 112 cm³/mol. The monoisotopic (exact) mass is 407 g/mol. The van der Waals surface area contributed by atoms with Crippen LogP contribution in [0.5, 0.6) is 5.75 Å². The van der Waals surface area contributed by atoms with Crippen molar-refractivity contribution in [3.05, 3.63) is 35.7 Å². The summed E-state index contributed by atoms with van der Waals surface area (Å²) in [4.78, 5) is 12.6. The van der Waals surface area contributed by atoms with E-state index in [2.05, 4.69) is 20.9 Å². The van der Waals surface area contributed by atoms with Gasteiger partial charge in [-0.15, -0.1) is 17.5 Å². The Morgan fingerprint density at radius 1 is 1.36 bits per heavy atom. The highest BCUT2D eigenvalue weighted by Gasteiger charge is 2.21. The number of ether oxygens (including phenoxy) is 1. The van der Waals surface area contributed by atoms with E-state index in [1.807, 2.05) is 45.0 Å². The molecule has 1 fully saturated rings. The first kappa shape index (κ1) is 22.2. The zero-order valence-corrected chi connectivity index (χ0v) is 17.6. The summed E-state index contributed by atoms with van der Waals surface area (Å²) < 4.78 is 7.41. The van der Waals surface area contributed by atoms with Crippen LogP contribution in [0, 0.1) is 5.92 Å². The topological polar surface area (TPSA) is 81.1 Å². The number of aromatic nitrogens is 3. The number of hydrogen-bond donors (Lipinski definition) is 2. The number of carbonyl (C=O) groups excluding carboxylic acids is 1. The molecule has 0 saturated carbocycles. The Labute approximate surface area is 172 Å². The Kier molecular flexibility index (Phi) is 8.26. The molecule has 28 heavy (non-hydrogen) atoms. The molecule has 0 spiro atoms. The molecule has 1 aliphatic heterocycles. The fourth-order valence-electron chi connectivity index (χ4n) is 3.36. The highest BCUT2D eigenvalue weighted by molar-refractivity contribution is 5.93. The van der Waals surface area contributed by atoms with Crippen LogP contribution in [0.4, 0.5) is 0 Å². The Hall–Kier alpha value is -2.12. The van der Waals surface area contributed by atoms with Gasteiger partial charge in [-0.3, -0.25) is 4.79 Å². The number of amides is 1. The number of rotatable bonds is 7. The van der Waals surface area contributed by atoms with Gasteiger partial charge in [0.1, 0.15) is 5.75 Å². The van der Waals surface area contributed by atoms with Gasteiger partial charge in [-0.25, -0.2) is 4.68 Å². The zero-order valence-electron chi connectivity index (χ0n) is 16.8. The van der Waals surface area contributed by atoms with E-state index in [4.69, 9.17) is 4.74 Å². The summed E-state index contributed by atoms with van der Waals surface area (Å²) in [6, 6.07) is 7.68. The van der Waals surface area contributed by atoms with E-state index < -0.39 is 0 Å². The quantitative estimate of drug-likeness (QED) is 0.737. The molecule has 1 amide bonds. The van der Waals surface area contributed by atoms with Crippen LogP contribution in [0.1, 0.15) is 49.8 Å². The molecule has 0 radical (unpaired) electrons. The maximum absolute atomic E-state index is 12.6. The first-order valence-corrected chi connectivity index (χ1v) is 9.79. The largest absolute Gasteiger partial charge is 0.491 e. The molecule has 0 aliphatic carbocycles. The third-order valence-electron chi connectivity index (χ3n) is 4.72. The van der Waals surface area contributed by atoms with Crippen molar-refractivity contribution in [2.75, 3.05) is 19.6 Å². The second-order valence-electron chi connectivity index (χ2n) is 7.23. The molecular formula is C20H30ClN5O2. The van der Waals surface area contributed by atoms with E-state index in [1.54, 1.807) is 4.68 Å². The number of piperidine rings is 1. The third kappa shape index (κ3) is 5.45. The van der Waals surface area contributed by atoms with Crippen LogP contribution in [0.15, 0.2) is 24.3 Å². The van der Waals surface area contributed by atoms with Gasteiger partial charge in [0.05, 0.1) is 17.5 Å². The minimum Gasteiger partial charge on any atom is -0.491 e. The highest BCUT2D eigenvalue weighted by Crippen LogP contribution is 2.19. The summed E-state index contributed by atoms with van der Waals surface area (Å²) in [6.45, 7) is 8.69. The number of hydrogen-bond acceptors (Lipinski definition) is 5. The van der Waals surface area contributed by atoms with Crippen LogP contribution in [0.2, 0.25) is 0 Å². The van der Waals surface area contributed by atoms with Gasteiger partial charge in [0.2, 0.25) is 0 Å². The summed E-state index contributed by atoms with van der Waals surface area (Å²) in [5, 5.41) is 14.8. The van der Waals surface area contributed by atoms with Crippen LogP contribution in [0.3, 0.4) is 0 Å². The van der Waals surface area contributed by atoms with Crippen molar-refractivity contribution in [2.24, 2.45) is 5.92 Å². The smallest absolute Gasteiger partial charge is 0.273 e. The first-order chi connectivity index (χ1) is 13.1. The number of carbonyl (C=O) groups is 1. The van der Waals surface area contributed by atoms with Crippen molar-refractivity contribution in [2.45, 2.75) is 46.1 Å². The van der Waals surface area contributed by atoms with Crippen molar-refractivity contribution >= 4 is 18.3 Å². The summed E-state index contributed by atoms with van der Waals surface area (Å²) >= 11 is 0. The molecular weight excluding hydrogens is 378 g/mol. The molecule has 3 rings (SSSR count). The Bertz CT molecular complexity index is 754. The molecule has 0 bridgehead atoms. The fraction of sp³-hybridized carbons (Fsp3) is 0.550. The lowest BCUT2D eigenvalue weighted by Crippen LogP contribution is -2.38. The molecule has 1 aromatic heterocycles. The molecule has 8 heteroatoms. The van der Waals surface area contributed by atoms with Gasteiger partial charge in [-0.2, -0.15) is 0 Å². The van der Waals surface area contributed by atoms with Gasteiger partial charge in [0.25, 0.3) is 5.91 Å². The fourth-order valence-corrected chi connectivity index (χ4v) is 3.36. The highest BCUT2D eigenvalue weighted by atomic mass is 35.5. The van der Waals surface area contributed by atoms with Gasteiger partial charge in [0.15, 0.2) is 5.69 Å². The van der Waals surface area contributed by atoms with Crippen molar-refractivity contribution in [3.8, 4) is 11.4 Å².